The summed E-state index contributed by atoms with van der Waals surface area (Å²) in [6.07, 6.45) is 3.42. The third-order valence-corrected chi connectivity index (χ3v) is 5.00. The predicted molar refractivity (Wildman–Crippen MR) is 80.8 cm³/mol. The number of halogens is 1. The number of benzene rings is 1. The van der Waals surface area contributed by atoms with Crippen LogP contribution in [0.4, 0.5) is 0 Å². The van der Waals surface area contributed by atoms with Crippen molar-refractivity contribution < 1.29 is 18.0 Å². The van der Waals surface area contributed by atoms with Gasteiger partial charge in [0.15, 0.2) is 9.84 Å². The van der Waals surface area contributed by atoms with E-state index >= 15 is 0 Å². The Balaban J connectivity index is 0.000000200. The van der Waals surface area contributed by atoms with Crippen LogP contribution in [-0.2, 0) is 19.4 Å². The summed E-state index contributed by atoms with van der Waals surface area (Å²) in [5.41, 5.74) is 0. The topological polar surface area (TPSA) is 68.3 Å². The van der Waals surface area contributed by atoms with E-state index in [9.17, 15) is 18.0 Å². The molecule has 0 spiro atoms. The Labute approximate surface area is 126 Å². The van der Waals surface area contributed by atoms with E-state index in [4.69, 9.17) is 0 Å². The predicted octanol–water partition coefficient (Wildman–Crippen LogP) is 2.39. The molecule has 0 atom stereocenters. The average molecular weight is 394 g/mol. The van der Waals surface area contributed by atoms with Gasteiger partial charge in [0.25, 0.3) is 0 Å². The van der Waals surface area contributed by atoms with Crippen LogP contribution in [0.5, 0.6) is 0 Å². The van der Waals surface area contributed by atoms with E-state index < -0.39 is 9.84 Å². The SMILES string of the molecule is CS(=O)(=O)c1ccccc1I.O=C1CCCC(=O)C1. The molecule has 1 aliphatic rings. The summed E-state index contributed by atoms with van der Waals surface area (Å²) in [5, 5.41) is 0. The lowest BCUT2D eigenvalue weighted by Gasteiger charge is -2.04. The number of carbonyl (C=O) groups is 2. The van der Waals surface area contributed by atoms with E-state index in [-0.39, 0.29) is 18.0 Å². The molecule has 1 saturated carbocycles. The maximum absolute atomic E-state index is 11.0. The molecule has 1 aromatic rings. The van der Waals surface area contributed by atoms with E-state index in [0.717, 1.165) is 9.99 Å². The van der Waals surface area contributed by atoms with E-state index in [1.165, 1.54) is 6.26 Å². The molecule has 4 nitrogen and oxygen atoms in total. The van der Waals surface area contributed by atoms with Crippen molar-refractivity contribution in [3.8, 4) is 0 Å². The first-order valence-electron chi connectivity index (χ1n) is 5.78. The zero-order chi connectivity index (χ0) is 14.5. The van der Waals surface area contributed by atoms with Crippen LogP contribution in [0.2, 0.25) is 0 Å². The van der Waals surface area contributed by atoms with Gasteiger partial charge in [-0.2, -0.15) is 0 Å². The molecule has 0 unspecified atom stereocenters. The second-order valence-corrected chi connectivity index (χ2v) is 7.46. The van der Waals surface area contributed by atoms with Crippen molar-refractivity contribution in [2.24, 2.45) is 0 Å². The smallest absolute Gasteiger partial charge is 0.176 e. The van der Waals surface area contributed by atoms with Gasteiger partial charge in [-0.05, 0) is 41.1 Å². The van der Waals surface area contributed by atoms with Crippen molar-refractivity contribution in [1.29, 1.82) is 0 Å². The van der Waals surface area contributed by atoms with Crippen LogP contribution >= 0.6 is 22.6 Å². The van der Waals surface area contributed by atoms with Gasteiger partial charge in [-0.1, -0.05) is 12.1 Å². The highest BCUT2D eigenvalue weighted by atomic mass is 127. The number of carbonyl (C=O) groups excluding carboxylic acids is 2. The molecule has 0 bridgehead atoms. The zero-order valence-electron chi connectivity index (χ0n) is 10.6. The minimum atomic E-state index is -3.04. The summed E-state index contributed by atoms with van der Waals surface area (Å²) in [7, 11) is -3.04. The Kier molecular flexibility index (Phi) is 6.12. The monoisotopic (exact) mass is 394 g/mol. The molecule has 1 aromatic carbocycles. The summed E-state index contributed by atoms with van der Waals surface area (Å²) >= 11 is 2.01. The van der Waals surface area contributed by atoms with Gasteiger partial charge in [0.1, 0.15) is 11.6 Å². The van der Waals surface area contributed by atoms with E-state index in [1.807, 2.05) is 28.7 Å². The van der Waals surface area contributed by atoms with Crippen LogP contribution in [0.1, 0.15) is 25.7 Å². The van der Waals surface area contributed by atoms with Crippen molar-refractivity contribution in [2.75, 3.05) is 6.26 Å². The molecule has 0 amide bonds. The van der Waals surface area contributed by atoms with Gasteiger partial charge in [-0.3, -0.25) is 9.59 Å². The van der Waals surface area contributed by atoms with Gasteiger partial charge in [0, 0.05) is 22.7 Å². The van der Waals surface area contributed by atoms with Crippen molar-refractivity contribution in [2.45, 2.75) is 30.6 Å². The molecular weight excluding hydrogens is 379 g/mol. The van der Waals surface area contributed by atoms with Crippen molar-refractivity contribution in [3.05, 3.63) is 27.8 Å². The Morgan fingerprint density at radius 3 is 1.89 bits per heavy atom. The number of ketones is 2. The molecule has 1 aliphatic carbocycles. The molecular formula is C13H15IO4S. The molecule has 1 fully saturated rings. The fraction of sp³-hybridized carbons (Fsp3) is 0.385. The number of hydrogen-bond acceptors (Lipinski definition) is 4. The summed E-state index contributed by atoms with van der Waals surface area (Å²) in [4.78, 5) is 21.3. The number of sulfone groups is 1. The van der Waals surface area contributed by atoms with E-state index in [1.54, 1.807) is 18.2 Å². The average Bonchev–Trinajstić information content (AvgIpc) is 2.28. The Bertz CT molecular complexity index is 564. The second-order valence-electron chi connectivity index (χ2n) is 4.31. The van der Waals surface area contributed by atoms with Crippen LogP contribution < -0.4 is 0 Å². The zero-order valence-corrected chi connectivity index (χ0v) is 13.5. The summed E-state index contributed by atoms with van der Waals surface area (Å²) in [6, 6.07) is 6.92. The molecule has 0 saturated heterocycles. The lowest BCUT2D eigenvalue weighted by atomic mass is 9.98. The minimum absolute atomic E-state index is 0.112. The Morgan fingerprint density at radius 2 is 1.58 bits per heavy atom. The third-order valence-electron chi connectivity index (χ3n) is 2.54. The lowest BCUT2D eigenvalue weighted by Crippen LogP contribution is -2.13. The quantitative estimate of drug-likeness (QED) is 0.542. The fourth-order valence-corrected chi connectivity index (χ4v) is 3.96. The third kappa shape index (κ3) is 5.82. The molecule has 6 heteroatoms. The highest BCUT2D eigenvalue weighted by molar-refractivity contribution is 14.1. The second kappa shape index (κ2) is 7.14. The summed E-state index contributed by atoms with van der Waals surface area (Å²) in [5.74, 6) is 0.225. The minimum Gasteiger partial charge on any atom is -0.299 e. The number of Topliss-reactive ketones (excluding diaryl/α,β-unsaturated/α-hetero) is 2. The first kappa shape index (κ1) is 16.3. The van der Waals surface area contributed by atoms with Gasteiger partial charge < -0.3 is 0 Å². The molecule has 104 valence electrons. The number of hydrogen-bond donors (Lipinski definition) is 0. The lowest BCUT2D eigenvalue weighted by molar-refractivity contribution is -0.129. The first-order chi connectivity index (χ1) is 8.80. The normalized spacial score (nSPS) is 15.7. The first-order valence-corrected chi connectivity index (χ1v) is 8.75. The van der Waals surface area contributed by atoms with Crippen LogP contribution in [0.25, 0.3) is 0 Å². The van der Waals surface area contributed by atoms with Crippen LogP contribution in [0, 0.1) is 3.57 Å². The Morgan fingerprint density at radius 1 is 1.05 bits per heavy atom. The fourth-order valence-electron chi connectivity index (χ4n) is 1.62. The van der Waals surface area contributed by atoms with Crippen LogP contribution in [0.15, 0.2) is 29.2 Å². The summed E-state index contributed by atoms with van der Waals surface area (Å²) < 4.78 is 22.9. The molecule has 0 radical (unpaired) electrons. The van der Waals surface area contributed by atoms with Gasteiger partial charge in [-0.25, -0.2) is 8.42 Å². The van der Waals surface area contributed by atoms with E-state index in [2.05, 4.69) is 0 Å². The van der Waals surface area contributed by atoms with Gasteiger partial charge >= 0.3 is 0 Å². The van der Waals surface area contributed by atoms with Crippen molar-refractivity contribution >= 4 is 44.0 Å². The highest BCUT2D eigenvalue weighted by Gasteiger charge is 2.14. The van der Waals surface area contributed by atoms with Crippen LogP contribution in [-0.4, -0.2) is 26.2 Å². The van der Waals surface area contributed by atoms with Crippen LogP contribution in [0.3, 0.4) is 0 Å². The van der Waals surface area contributed by atoms with Gasteiger partial charge in [-0.15, -0.1) is 0 Å². The summed E-state index contributed by atoms with van der Waals surface area (Å²) in [6.45, 7) is 0. The molecule has 0 aromatic heterocycles. The highest BCUT2D eigenvalue weighted by Crippen LogP contribution is 2.16. The van der Waals surface area contributed by atoms with E-state index in [0.29, 0.717) is 17.7 Å². The Hall–Kier alpha value is -0.760. The maximum Gasteiger partial charge on any atom is 0.176 e. The maximum atomic E-state index is 11.0. The molecule has 19 heavy (non-hydrogen) atoms. The molecule has 2 rings (SSSR count). The van der Waals surface area contributed by atoms with Crippen molar-refractivity contribution in [3.63, 3.8) is 0 Å². The molecule has 0 heterocycles. The van der Waals surface area contributed by atoms with Crippen molar-refractivity contribution in [1.82, 2.24) is 0 Å². The molecule has 0 N–H and O–H groups in total. The largest absolute Gasteiger partial charge is 0.299 e. The number of rotatable bonds is 1. The molecule has 0 aliphatic heterocycles. The standard InChI is InChI=1S/C7H7IO2S.C6H8O2/c1-11(9,10)7-5-3-2-4-6(7)8;7-5-2-1-3-6(8)4-5/h2-5H,1H3;1-4H2. The van der Waals surface area contributed by atoms with Gasteiger partial charge in [0.2, 0.25) is 0 Å². The van der Waals surface area contributed by atoms with Gasteiger partial charge in [0.05, 0.1) is 11.3 Å².